The van der Waals surface area contributed by atoms with Gasteiger partial charge in [-0.25, -0.2) is 0 Å². The molecule has 0 aliphatic heterocycles. The van der Waals surface area contributed by atoms with Gasteiger partial charge in [-0.2, -0.15) is 5.26 Å². The second-order valence-corrected chi connectivity index (χ2v) is 6.93. The highest BCUT2D eigenvalue weighted by atomic mass is 35.5. The molecule has 3 aromatic rings. The number of methoxy groups -OCH3 is 1. The molecule has 0 bridgehead atoms. The molecule has 0 aliphatic rings. The number of carbonyl (C=O) groups is 1. The highest BCUT2D eigenvalue weighted by Gasteiger charge is 2.14. The van der Waals surface area contributed by atoms with E-state index in [4.69, 9.17) is 16.3 Å². The van der Waals surface area contributed by atoms with Gasteiger partial charge in [0.05, 0.1) is 7.11 Å². The Morgan fingerprint density at radius 2 is 1.90 bits per heavy atom. The van der Waals surface area contributed by atoms with Crippen LogP contribution in [-0.4, -0.2) is 17.6 Å². The van der Waals surface area contributed by atoms with Crippen molar-refractivity contribution in [2.45, 2.75) is 13.8 Å². The summed E-state index contributed by atoms with van der Waals surface area (Å²) < 4.78 is 7.37. The Hall–Kier alpha value is -3.49. The first kappa shape index (κ1) is 20.2. The zero-order chi connectivity index (χ0) is 21.0. The van der Waals surface area contributed by atoms with Crippen LogP contribution in [0.5, 0.6) is 5.75 Å². The van der Waals surface area contributed by atoms with Gasteiger partial charge in [-0.1, -0.05) is 17.7 Å². The highest BCUT2D eigenvalue weighted by Crippen LogP contribution is 2.25. The van der Waals surface area contributed by atoms with Crippen molar-refractivity contribution in [1.82, 2.24) is 4.57 Å². The quantitative estimate of drug-likeness (QED) is 0.462. The molecule has 6 heteroatoms. The zero-order valence-corrected chi connectivity index (χ0v) is 17.1. The minimum atomic E-state index is -0.471. The van der Waals surface area contributed by atoms with E-state index in [9.17, 15) is 10.1 Å². The summed E-state index contributed by atoms with van der Waals surface area (Å²) in [7, 11) is 1.63. The minimum Gasteiger partial charge on any atom is -0.497 e. The predicted molar refractivity (Wildman–Crippen MR) is 115 cm³/mol. The van der Waals surface area contributed by atoms with Crippen molar-refractivity contribution in [1.29, 1.82) is 5.26 Å². The predicted octanol–water partition coefficient (Wildman–Crippen LogP) is 5.30. The summed E-state index contributed by atoms with van der Waals surface area (Å²) in [4.78, 5) is 12.5. The van der Waals surface area contributed by atoms with Crippen molar-refractivity contribution in [3.63, 3.8) is 0 Å². The van der Waals surface area contributed by atoms with E-state index in [0.29, 0.717) is 10.7 Å². The number of amides is 1. The largest absolute Gasteiger partial charge is 0.497 e. The van der Waals surface area contributed by atoms with E-state index in [0.717, 1.165) is 28.4 Å². The Balaban J connectivity index is 1.93. The number of rotatable bonds is 5. The van der Waals surface area contributed by atoms with Crippen LogP contribution in [0.3, 0.4) is 0 Å². The molecule has 29 heavy (non-hydrogen) atoms. The molecule has 1 N–H and O–H groups in total. The molecule has 5 nitrogen and oxygen atoms in total. The van der Waals surface area contributed by atoms with Crippen LogP contribution in [0.1, 0.15) is 17.0 Å². The number of nitriles is 1. The summed E-state index contributed by atoms with van der Waals surface area (Å²) in [5, 5.41) is 12.8. The number of aromatic nitrogens is 1. The van der Waals surface area contributed by atoms with Gasteiger partial charge in [-0.05, 0) is 68.0 Å². The number of halogens is 1. The number of nitrogens with one attached hydrogen (secondary N) is 1. The van der Waals surface area contributed by atoms with Gasteiger partial charge in [-0.15, -0.1) is 0 Å². The summed E-state index contributed by atoms with van der Waals surface area (Å²) in [5.41, 5.74) is 4.24. The standard InChI is InChI=1S/C23H20ClN3O2/c1-15-11-17(16(2)27(15)21-5-4-6-22(13-21)29-3)12-18(14-25)23(28)26-20-9-7-19(24)8-10-20/h4-13H,1-3H3,(H,26,28)/b18-12-. The van der Waals surface area contributed by atoms with Crippen LogP contribution in [0.2, 0.25) is 5.02 Å². The van der Waals surface area contributed by atoms with Crippen LogP contribution in [0.4, 0.5) is 5.69 Å². The number of carbonyl (C=O) groups excluding carboxylic acids is 1. The second-order valence-electron chi connectivity index (χ2n) is 6.49. The Labute approximate surface area is 174 Å². The SMILES string of the molecule is COc1cccc(-n2c(C)cc(/C=C(/C#N)C(=O)Nc3ccc(Cl)cc3)c2C)c1. The highest BCUT2D eigenvalue weighted by molar-refractivity contribution is 6.30. The van der Waals surface area contributed by atoms with E-state index in [-0.39, 0.29) is 5.57 Å². The average molecular weight is 406 g/mol. The molecule has 0 saturated heterocycles. The summed E-state index contributed by atoms with van der Waals surface area (Å²) in [6, 6.07) is 18.4. The number of benzene rings is 2. The molecule has 2 aromatic carbocycles. The normalized spacial score (nSPS) is 11.1. The van der Waals surface area contributed by atoms with Crippen LogP contribution >= 0.6 is 11.6 Å². The van der Waals surface area contributed by atoms with Gasteiger partial charge < -0.3 is 14.6 Å². The fourth-order valence-electron chi connectivity index (χ4n) is 3.12. The maximum absolute atomic E-state index is 12.5. The van der Waals surface area contributed by atoms with Gasteiger partial charge in [0.2, 0.25) is 0 Å². The molecule has 0 radical (unpaired) electrons. The fourth-order valence-corrected chi connectivity index (χ4v) is 3.24. The van der Waals surface area contributed by atoms with Gasteiger partial charge in [0.15, 0.2) is 0 Å². The lowest BCUT2D eigenvalue weighted by atomic mass is 10.1. The summed E-state index contributed by atoms with van der Waals surface area (Å²) in [5.74, 6) is 0.285. The van der Waals surface area contributed by atoms with E-state index in [1.165, 1.54) is 0 Å². The van der Waals surface area contributed by atoms with Gasteiger partial charge in [0.25, 0.3) is 5.91 Å². The second kappa shape index (κ2) is 8.68. The van der Waals surface area contributed by atoms with E-state index in [1.54, 1.807) is 37.5 Å². The lowest BCUT2D eigenvalue weighted by Gasteiger charge is -2.11. The molecule has 3 rings (SSSR count). The smallest absolute Gasteiger partial charge is 0.266 e. The third kappa shape index (κ3) is 4.50. The molecule has 1 amide bonds. The maximum Gasteiger partial charge on any atom is 0.266 e. The van der Waals surface area contributed by atoms with Crippen LogP contribution in [0.25, 0.3) is 11.8 Å². The molecule has 0 fully saturated rings. The van der Waals surface area contributed by atoms with Gasteiger partial charge in [0, 0.05) is 33.9 Å². The van der Waals surface area contributed by atoms with Crippen LogP contribution < -0.4 is 10.1 Å². The Kier molecular flexibility index (Phi) is 6.06. The minimum absolute atomic E-state index is 0.0193. The van der Waals surface area contributed by atoms with Gasteiger partial charge in [-0.3, -0.25) is 4.79 Å². The van der Waals surface area contributed by atoms with E-state index in [1.807, 2.05) is 50.2 Å². The zero-order valence-electron chi connectivity index (χ0n) is 16.4. The Bertz CT molecular complexity index is 1120. The first-order valence-corrected chi connectivity index (χ1v) is 9.33. The summed E-state index contributed by atoms with van der Waals surface area (Å²) in [6.07, 6.45) is 1.60. The molecule has 0 spiro atoms. The maximum atomic E-state index is 12.5. The molecule has 0 unspecified atom stereocenters. The summed E-state index contributed by atoms with van der Waals surface area (Å²) >= 11 is 5.86. The first-order chi connectivity index (χ1) is 13.9. The van der Waals surface area contributed by atoms with Crippen molar-refractivity contribution >= 4 is 29.3 Å². The number of ether oxygens (including phenoxy) is 1. The third-order valence-electron chi connectivity index (χ3n) is 4.55. The number of aryl methyl sites for hydroxylation is 1. The molecule has 1 aromatic heterocycles. The topological polar surface area (TPSA) is 67.0 Å². The Morgan fingerprint density at radius 1 is 1.17 bits per heavy atom. The Morgan fingerprint density at radius 3 is 2.55 bits per heavy atom. The van der Waals surface area contributed by atoms with Crippen LogP contribution in [0.15, 0.2) is 60.2 Å². The first-order valence-electron chi connectivity index (χ1n) is 8.95. The van der Waals surface area contributed by atoms with Crippen molar-refractivity contribution < 1.29 is 9.53 Å². The van der Waals surface area contributed by atoms with Crippen LogP contribution in [0, 0.1) is 25.2 Å². The monoisotopic (exact) mass is 405 g/mol. The average Bonchev–Trinajstić information content (AvgIpc) is 3.00. The van der Waals surface area contributed by atoms with Crippen molar-refractivity contribution in [3.8, 4) is 17.5 Å². The fraction of sp³-hybridized carbons (Fsp3) is 0.130. The molecular formula is C23H20ClN3O2. The molecular weight excluding hydrogens is 386 g/mol. The van der Waals surface area contributed by atoms with Crippen LogP contribution in [-0.2, 0) is 4.79 Å². The van der Waals surface area contributed by atoms with Crippen molar-refractivity contribution in [2.24, 2.45) is 0 Å². The van der Waals surface area contributed by atoms with Crippen molar-refractivity contribution in [3.05, 3.63) is 82.1 Å². The van der Waals surface area contributed by atoms with E-state index in [2.05, 4.69) is 9.88 Å². The molecule has 0 aliphatic carbocycles. The van der Waals surface area contributed by atoms with E-state index < -0.39 is 5.91 Å². The lowest BCUT2D eigenvalue weighted by molar-refractivity contribution is -0.112. The lowest BCUT2D eigenvalue weighted by Crippen LogP contribution is -2.13. The van der Waals surface area contributed by atoms with Crippen molar-refractivity contribution in [2.75, 3.05) is 12.4 Å². The van der Waals surface area contributed by atoms with Gasteiger partial charge in [0.1, 0.15) is 17.4 Å². The number of hydrogen-bond acceptors (Lipinski definition) is 3. The third-order valence-corrected chi connectivity index (χ3v) is 4.80. The van der Waals surface area contributed by atoms with Gasteiger partial charge >= 0.3 is 0 Å². The molecule has 0 atom stereocenters. The number of anilines is 1. The molecule has 0 saturated carbocycles. The number of nitrogens with zero attached hydrogens (tertiary/aromatic N) is 2. The summed E-state index contributed by atoms with van der Waals surface area (Å²) in [6.45, 7) is 3.92. The number of hydrogen-bond donors (Lipinski definition) is 1. The molecule has 146 valence electrons. The van der Waals surface area contributed by atoms with E-state index >= 15 is 0 Å². The molecule has 1 heterocycles.